The molecule has 0 unspecified atom stereocenters. The third-order valence-electron chi connectivity index (χ3n) is 4.24. The van der Waals surface area contributed by atoms with Crippen LogP contribution in [0.3, 0.4) is 0 Å². The van der Waals surface area contributed by atoms with E-state index in [9.17, 15) is 4.79 Å². The van der Waals surface area contributed by atoms with Crippen LogP contribution in [0, 0.1) is 6.92 Å². The lowest BCUT2D eigenvalue weighted by molar-refractivity contribution is -0.132. The van der Waals surface area contributed by atoms with E-state index in [0.717, 1.165) is 37.9 Å². The summed E-state index contributed by atoms with van der Waals surface area (Å²) in [4.78, 5) is 14.4. The molecule has 6 nitrogen and oxygen atoms in total. The van der Waals surface area contributed by atoms with Gasteiger partial charge in [-0.15, -0.1) is 0 Å². The van der Waals surface area contributed by atoms with Gasteiger partial charge in [0, 0.05) is 39.0 Å². The molecule has 0 aliphatic carbocycles. The van der Waals surface area contributed by atoms with Crippen molar-refractivity contribution in [1.29, 1.82) is 0 Å². The summed E-state index contributed by atoms with van der Waals surface area (Å²) in [7, 11) is 1.90. The number of carbonyl (C=O) groups excluding carboxylic acids is 1. The van der Waals surface area contributed by atoms with E-state index < -0.39 is 0 Å². The van der Waals surface area contributed by atoms with Crippen molar-refractivity contribution in [1.82, 2.24) is 24.5 Å². The molecule has 1 aliphatic rings. The molecule has 0 aromatic carbocycles. The Kier molecular flexibility index (Phi) is 4.27. The highest BCUT2D eigenvalue weighted by Gasteiger charge is 2.24. The fourth-order valence-electron chi connectivity index (χ4n) is 3.04. The first-order valence-corrected chi connectivity index (χ1v) is 7.88. The fraction of sp³-hybridized carbons (Fsp3) is 0.562. The van der Waals surface area contributed by atoms with Crippen LogP contribution < -0.4 is 0 Å². The Morgan fingerprint density at radius 2 is 2.18 bits per heavy atom. The predicted octanol–water partition coefficient (Wildman–Crippen LogP) is 1.72. The first-order chi connectivity index (χ1) is 10.6. The number of piperidine rings is 1. The van der Waals surface area contributed by atoms with E-state index in [1.54, 1.807) is 4.68 Å². The normalized spacial score (nSPS) is 18.6. The number of aryl methyl sites for hydroxylation is 3. The molecule has 118 valence electrons. The number of rotatable bonds is 4. The van der Waals surface area contributed by atoms with Gasteiger partial charge in [-0.2, -0.15) is 10.2 Å². The second kappa shape index (κ2) is 6.34. The molecule has 2 aromatic heterocycles. The maximum atomic E-state index is 12.4. The molecule has 1 amide bonds. The molecule has 6 heteroatoms. The Hall–Kier alpha value is -2.11. The second-order valence-electron chi connectivity index (χ2n) is 6.16. The van der Waals surface area contributed by atoms with Crippen molar-refractivity contribution in [2.45, 2.75) is 38.6 Å². The first kappa shape index (κ1) is 14.8. The lowest BCUT2D eigenvalue weighted by Gasteiger charge is -2.33. The van der Waals surface area contributed by atoms with Crippen LogP contribution in [0.15, 0.2) is 24.8 Å². The van der Waals surface area contributed by atoms with Crippen molar-refractivity contribution in [2.24, 2.45) is 7.05 Å². The molecule has 3 rings (SSSR count). The monoisotopic (exact) mass is 301 g/mol. The molecule has 0 bridgehead atoms. The van der Waals surface area contributed by atoms with Gasteiger partial charge in [-0.05, 0) is 37.3 Å². The van der Waals surface area contributed by atoms with Crippen molar-refractivity contribution < 1.29 is 4.79 Å². The lowest BCUT2D eigenvalue weighted by atomic mass is 10.0. The molecule has 0 radical (unpaired) electrons. The zero-order chi connectivity index (χ0) is 15.5. The molecular weight excluding hydrogens is 278 g/mol. The van der Waals surface area contributed by atoms with Gasteiger partial charge in [0.15, 0.2) is 0 Å². The van der Waals surface area contributed by atoms with Crippen molar-refractivity contribution in [3.63, 3.8) is 0 Å². The van der Waals surface area contributed by atoms with Gasteiger partial charge in [0.1, 0.15) is 0 Å². The third kappa shape index (κ3) is 3.37. The fourth-order valence-corrected chi connectivity index (χ4v) is 3.04. The van der Waals surface area contributed by atoms with Crippen molar-refractivity contribution >= 4 is 5.91 Å². The SMILES string of the molecule is Cc1cnn([C@@H]2CCCN(C(=O)CCc3cnn(C)c3)C2)c1. The topological polar surface area (TPSA) is 56.0 Å². The van der Waals surface area contributed by atoms with Crippen molar-refractivity contribution in [2.75, 3.05) is 13.1 Å². The maximum Gasteiger partial charge on any atom is 0.222 e. The Labute approximate surface area is 130 Å². The van der Waals surface area contributed by atoms with Crippen LogP contribution in [0.1, 0.15) is 36.4 Å². The molecule has 1 aliphatic heterocycles. The largest absolute Gasteiger partial charge is 0.341 e. The van der Waals surface area contributed by atoms with Crippen LogP contribution in [0.5, 0.6) is 0 Å². The maximum absolute atomic E-state index is 12.4. The van der Waals surface area contributed by atoms with Gasteiger partial charge >= 0.3 is 0 Å². The molecule has 1 atom stereocenters. The van der Waals surface area contributed by atoms with Crippen LogP contribution in [0.25, 0.3) is 0 Å². The molecule has 0 N–H and O–H groups in total. The molecule has 1 fully saturated rings. The number of carbonyl (C=O) groups is 1. The summed E-state index contributed by atoms with van der Waals surface area (Å²) in [6.07, 6.45) is 11.2. The molecule has 22 heavy (non-hydrogen) atoms. The Morgan fingerprint density at radius 3 is 2.86 bits per heavy atom. The number of aromatic nitrogens is 4. The number of amides is 1. The van der Waals surface area contributed by atoms with E-state index in [2.05, 4.69) is 16.4 Å². The smallest absolute Gasteiger partial charge is 0.222 e. The molecule has 3 heterocycles. The number of likely N-dealkylation sites (tertiary alicyclic amines) is 1. The third-order valence-corrected chi connectivity index (χ3v) is 4.24. The molecule has 2 aromatic rings. The molecule has 0 spiro atoms. The van der Waals surface area contributed by atoms with Crippen LogP contribution in [0.2, 0.25) is 0 Å². The highest BCUT2D eigenvalue weighted by Crippen LogP contribution is 2.22. The van der Waals surface area contributed by atoms with Crippen LogP contribution in [0.4, 0.5) is 0 Å². The van der Waals surface area contributed by atoms with Crippen LogP contribution >= 0.6 is 0 Å². The van der Waals surface area contributed by atoms with Crippen molar-refractivity contribution in [3.05, 3.63) is 35.9 Å². The van der Waals surface area contributed by atoms with Gasteiger partial charge in [0.05, 0.1) is 18.4 Å². The highest BCUT2D eigenvalue weighted by molar-refractivity contribution is 5.76. The van der Waals surface area contributed by atoms with Gasteiger partial charge in [-0.1, -0.05) is 0 Å². The second-order valence-corrected chi connectivity index (χ2v) is 6.16. The Balaban J connectivity index is 1.55. The summed E-state index contributed by atoms with van der Waals surface area (Å²) in [6.45, 7) is 3.68. The average molecular weight is 301 g/mol. The zero-order valence-corrected chi connectivity index (χ0v) is 13.3. The standard InChI is InChI=1S/C16H23N5O/c1-13-8-18-21(10-13)15-4-3-7-20(12-15)16(22)6-5-14-9-17-19(2)11-14/h8-11,15H,3-7,12H2,1-2H3/t15-/m1/s1. The molecular formula is C16H23N5O. The predicted molar refractivity (Wildman–Crippen MR) is 83.3 cm³/mol. The summed E-state index contributed by atoms with van der Waals surface area (Å²) >= 11 is 0. The summed E-state index contributed by atoms with van der Waals surface area (Å²) in [5.74, 6) is 0.234. The first-order valence-electron chi connectivity index (χ1n) is 7.88. The van der Waals surface area contributed by atoms with Gasteiger partial charge < -0.3 is 4.90 Å². The van der Waals surface area contributed by atoms with E-state index in [0.29, 0.717) is 12.5 Å². The number of hydrogen-bond acceptors (Lipinski definition) is 3. The minimum atomic E-state index is 0.234. The summed E-state index contributed by atoms with van der Waals surface area (Å²) in [5, 5.41) is 8.54. The Morgan fingerprint density at radius 1 is 1.32 bits per heavy atom. The van der Waals surface area contributed by atoms with E-state index in [1.165, 1.54) is 5.56 Å². The summed E-state index contributed by atoms with van der Waals surface area (Å²) in [6, 6.07) is 0.310. The number of hydrogen-bond donors (Lipinski definition) is 0. The zero-order valence-electron chi connectivity index (χ0n) is 13.3. The van der Waals surface area contributed by atoms with E-state index in [1.807, 2.05) is 42.1 Å². The summed E-state index contributed by atoms with van der Waals surface area (Å²) in [5.41, 5.74) is 2.28. The number of nitrogens with zero attached hydrogens (tertiary/aromatic N) is 5. The van der Waals surface area contributed by atoms with E-state index in [-0.39, 0.29) is 5.91 Å². The van der Waals surface area contributed by atoms with E-state index >= 15 is 0 Å². The molecule has 0 saturated carbocycles. The van der Waals surface area contributed by atoms with Gasteiger partial charge in [-0.3, -0.25) is 14.2 Å². The quantitative estimate of drug-likeness (QED) is 0.864. The lowest BCUT2D eigenvalue weighted by Crippen LogP contribution is -2.40. The van der Waals surface area contributed by atoms with Crippen molar-refractivity contribution in [3.8, 4) is 0 Å². The minimum absolute atomic E-state index is 0.234. The van der Waals surface area contributed by atoms with Gasteiger partial charge in [-0.25, -0.2) is 0 Å². The highest BCUT2D eigenvalue weighted by atomic mass is 16.2. The van der Waals surface area contributed by atoms with E-state index in [4.69, 9.17) is 0 Å². The minimum Gasteiger partial charge on any atom is -0.341 e. The molecule has 1 saturated heterocycles. The van der Waals surface area contributed by atoms with Gasteiger partial charge in [0.2, 0.25) is 5.91 Å². The summed E-state index contributed by atoms with van der Waals surface area (Å²) < 4.78 is 3.78. The Bertz CT molecular complexity index is 645. The average Bonchev–Trinajstić information content (AvgIpc) is 3.13. The van der Waals surface area contributed by atoms with Gasteiger partial charge in [0.25, 0.3) is 0 Å². The van der Waals surface area contributed by atoms with Crippen LogP contribution in [-0.4, -0.2) is 43.5 Å². The van der Waals surface area contributed by atoms with Crippen LogP contribution in [-0.2, 0) is 18.3 Å².